The van der Waals surface area contributed by atoms with Crippen molar-refractivity contribution < 1.29 is 17.6 Å². The van der Waals surface area contributed by atoms with Crippen LogP contribution in [0.2, 0.25) is 5.02 Å². The van der Waals surface area contributed by atoms with E-state index in [1.54, 1.807) is 11.8 Å². The lowest BCUT2D eigenvalue weighted by Gasteiger charge is -2.35. The number of hydrogen-bond acceptors (Lipinski definition) is 3. The highest BCUT2D eigenvalue weighted by molar-refractivity contribution is 7.92. The summed E-state index contributed by atoms with van der Waals surface area (Å²) in [4.78, 5) is 14.6. The van der Waals surface area contributed by atoms with Crippen LogP contribution in [0, 0.1) is 5.82 Å². The van der Waals surface area contributed by atoms with Gasteiger partial charge >= 0.3 is 0 Å². The Balaban J connectivity index is 2.41. The molecular formula is C16H22ClFN2O3S. The Morgan fingerprint density at radius 3 is 2.46 bits per heavy atom. The largest absolute Gasteiger partial charge is 0.341 e. The van der Waals surface area contributed by atoms with E-state index in [4.69, 9.17) is 11.6 Å². The molecule has 0 aliphatic carbocycles. The number of hydrogen-bond donors (Lipinski definition) is 0. The number of piperidine rings is 1. The van der Waals surface area contributed by atoms with Crippen molar-refractivity contribution in [1.82, 2.24) is 4.90 Å². The van der Waals surface area contributed by atoms with Crippen molar-refractivity contribution in [3.05, 3.63) is 29.0 Å². The number of halogens is 2. The first-order chi connectivity index (χ1) is 11.3. The molecule has 1 amide bonds. The molecule has 0 bridgehead atoms. The van der Waals surface area contributed by atoms with Gasteiger partial charge in [0.25, 0.3) is 0 Å². The lowest BCUT2D eigenvalue weighted by Crippen LogP contribution is -2.51. The molecule has 0 unspecified atom stereocenters. The number of carbonyl (C=O) groups is 1. The second-order valence-corrected chi connectivity index (χ2v) is 8.23. The van der Waals surface area contributed by atoms with Crippen molar-refractivity contribution in [2.75, 3.05) is 23.7 Å². The molecule has 0 aromatic heterocycles. The molecular weight excluding hydrogens is 355 g/mol. The quantitative estimate of drug-likeness (QED) is 0.793. The summed E-state index contributed by atoms with van der Waals surface area (Å²) in [5.41, 5.74) is 0.195. The summed E-state index contributed by atoms with van der Waals surface area (Å²) < 4.78 is 39.1. The number of benzene rings is 1. The maximum absolute atomic E-state index is 13.4. The predicted molar refractivity (Wildman–Crippen MR) is 93.2 cm³/mol. The molecule has 0 N–H and O–H groups in total. The van der Waals surface area contributed by atoms with Crippen LogP contribution in [-0.4, -0.2) is 44.6 Å². The van der Waals surface area contributed by atoms with Gasteiger partial charge in [0.2, 0.25) is 15.9 Å². The van der Waals surface area contributed by atoms with Crippen molar-refractivity contribution >= 4 is 33.2 Å². The van der Waals surface area contributed by atoms with Gasteiger partial charge in [-0.3, -0.25) is 9.10 Å². The number of sulfonamides is 1. The lowest BCUT2D eigenvalue weighted by atomic mass is 10.1. The summed E-state index contributed by atoms with van der Waals surface area (Å²) in [5, 5.41) is -0.179. The fourth-order valence-electron chi connectivity index (χ4n) is 2.99. The Kier molecular flexibility index (Phi) is 6.09. The van der Waals surface area contributed by atoms with Crippen molar-refractivity contribution in [2.45, 2.75) is 38.6 Å². The van der Waals surface area contributed by atoms with Crippen LogP contribution >= 0.6 is 11.6 Å². The summed E-state index contributed by atoms with van der Waals surface area (Å²) >= 11 is 5.79. The van der Waals surface area contributed by atoms with E-state index < -0.39 is 21.9 Å². The predicted octanol–water partition coefficient (Wildman–Crippen LogP) is 3.04. The van der Waals surface area contributed by atoms with Gasteiger partial charge in [0.1, 0.15) is 11.9 Å². The van der Waals surface area contributed by atoms with E-state index in [1.165, 1.54) is 12.1 Å². The topological polar surface area (TPSA) is 57.7 Å². The van der Waals surface area contributed by atoms with E-state index in [1.807, 2.05) is 0 Å². The first-order valence-corrected chi connectivity index (χ1v) is 10.2. The third-order valence-electron chi connectivity index (χ3n) is 4.14. The van der Waals surface area contributed by atoms with Gasteiger partial charge in [-0.25, -0.2) is 12.8 Å². The van der Waals surface area contributed by atoms with Gasteiger partial charge in [-0.2, -0.15) is 0 Å². The molecule has 1 aliphatic rings. The Bertz CT molecular complexity index is 705. The Morgan fingerprint density at radius 2 is 1.96 bits per heavy atom. The summed E-state index contributed by atoms with van der Waals surface area (Å²) in [5.74, 6) is -0.854. The van der Waals surface area contributed by atoms with Crippen molar-refractivity contribution in [2.24, 2.45) is 0 Å². The molecule has 24 heavy (non-hydrogen) atoms. The van der Waals surface area contributed by atoms with E-state index in [9.17, 15) is 17.6 Å². The second kappa shape index (κ2) is 7.70. The lowest BCUT2D eigenvalue weighted by molar-refractivity contribution is -0.133. The van der Waals surface area contributed by atoms with Gasteiger partial charge in [0.05, 0.1) is 17.0 Å². The van der Waals surface area contributed by atoms with Crippen molar-refractivity contribution in [3.8, 4) is 0 Å². The van der Waals surface area contributed by atoms with Crippen LogP contribution in [0.3, 0.4) is 0 Å². The highest BCUT2D eigenvalue weighted by Gasteiger charge is 2.34. The first-order valence-electron chi connectivity index (χ1n) is 7.99. The summed E-state index contributed by atoms with van der Waals surface area (Å²) in [7, 11) is -3.74. The average Bonchev–Trinajstić information content (AvgIpc) is 2.54. The van der Waals surface area contributed by atoms with Crippen molar-refractivity contribution in [3.63, 3.8) is 0 Å². The second-order valence-electron chi connectivity index (χ2n) is 5.97. The Labute approximate surface area is 147 Å². The van der Waals surface area contributed by atoms with Gasteiger partial charge in [0.15, 0.2) is 0 Å². The molecule has 1 aliphatic heterocycles. The minimum atomic E-state index is -3.74. The van der Waals surface area contributed by atoms with Crippen LogP contribution in [-0.2, 0) is 14.8 Å². The van der Waals surface area contributed by atoms with Gasteiger partial charge in [-0.15, -0.1) is 0 Å². The monoisotopic (exact) mass is 376 g/mol. The Hall–Kier alpha value is -1.34. The molecule has 134 valence electrons. The van der Waals surface area contributed by atoms with E-state index in [2.05, 4.69) is 0 Å². The molecule has 8 heteroatoms. The zero-order valence-corrected chi connectivity index (χ0v) is 15.4. The number of carbonyl (C=O) groups excluding carboxylic acids is 1. The molecule has 1 saturated heterocycles. The van der Waals surface area contributed by atoms with Gasteiger partial charge in [-0.05, 0) is 43.9 Å². The van der Waals surface area contributed by atoms with Crippen LogP contribution in [0.1, 0.15) is 32.6 Å². The summed E-state index contributed by atoms with van der Waals surface area (Å²) in [6.45, 7) is 3.03. The molecule has 1 aromatic rings. The molecule has 5 nitrogen and oxygen atoms in total. The third kappa shape index (κ3) is 4.19. The van der Waals surface area contributed by atoms with Gasteiger partial charge < -0.3 is 4.90 Å². The maximum atomic E-state index is 13.4. The number of anilines is 1. The van der Waals surface area contributed by atoms with Crippen LogP contribution in [0.15, 0.2) is 18.2 Å². The van der Waals surface area contributed by atoms with E-state index in [0.29, 0.717) is 19.5 Å². The van der Waals surface area contributed by atoms with Crippen LogP contribution < -0.4 is 4.31 Å². The summed E-state index contributed by atoms with van der Waals surface area (Å²) in [6.07, 6.45) is 4.27. The fourth-order valence-corrected chi connectivity index (χ4v) is 4.36. The van der Waals surface area contributed by atoms with E-state index >= 15 is 0 Å². The Morgan fingerprint density at radius 1 is 1.33 bits per heavy atom. The minimum Gasteiger partial charge on any atom is -0.341 e. The standard InChI is InChI=1S/C16H22ClFN2O3S/c1-3-15(16(21)19-9-5-4-6-10-19)20(24(2,22)23)12-7-8-14(18)13(17)11-12/h7-8,11,15H,3-6,9-10H2,1-2H3/t15-/m1/s1. The number of rotatable bonds is 5. The van der Waals surface area contributed by atoms with Crippen LogP contribution in [0.4, 0.5) is 10.1 Å². The fraction of sp³-hybridized carbons (Fsp3) is 0.562. The van der Waals surface area contributed by atoms with Crippen molar-refractivity contribution in [1.29, 1.82) is 0 Å². The van der Waals surface area contributed by atoms with Gasteiger partial charge in [0, 0.05) is 13.1 Å². The number of nitrogens with zero attached hydrogens (tertiary/aromatic N) is 2. The molecule has 0 saturated carbocycles. The average molecular weight is 377 g/mol. The van der Waals surface area contributed by atoms with E-state index in [0.717, 1.165) is 35.9 Å². The SMILES string of the molecule is CC[C@H](C(=O)N1CCCCC1)N(c1ccc(F)c(Cl)c1)S(C)(=O)=O. The first kappa shape index (κ1) is 19.0. The number of amides is 1. The molecule has 1 atom stereocenters. The van der Waals surface area contributed by atoms with E-state index in [-0.39, 0.29) is 16.6 Å². The molecule has 1 heterocycles. The normalized spacial score (nSPS) is 16.8. The molecule has 0 radical (unpaired) electrons. The van der Waals surface area contributed by atoms with Crippen LogP contribution in [0.25, 0.3) is 0 Å². The third-order valence-corrected chi connectivity index (χ3v) is 5.61. The number of likely N-dealkylation sites (tertiary alicyclic amines) is 1. The minimum absolute atomic E-state index is 0.179. The van der Waals surface area contributed by atoms with Gasteiger partial charge in [-0.1, -0.05) is 18.5 Å². The zero-order valence-electron chi connectivity index (χ0n) is 13.8. The highest BCUT2D eigenvalue weighted by Crippen LogP contribution is 2.28. The smallest absolute Gasteiger partial charge is 0.246 e. The molecule has 2 rings (SSSR count). The highest BCUT2D eigenvalue weighted by atomic mass is 35.5. The molecule has 0 spiro atoms. The molecule has 1 fully saturated rings. The summed E-state index contributed by atoms with van der Waals surface area (Å²) in [6, 6.07) is 2.81. The maximum Gasteiger partial charge on any atom is 0.246 e. The zero-order chi connectivity index (χ0) is 17.9. The van der Waals surface area contributed by atoms with Crippen LogP contribution in [0.5, 0.6) is 0 Å². The molecule has 1 aromatic carbocycles.